The van der Waals surface area contributed by atoms with Gasteiger partial charge in [-0.2, -0.15) is 0 Å². The van der Waals surface area contributed by atoms with E-state index in [1.807, 2.05) is 48.5 Å². The number of nitrogens with zero attached hydrogens (tertiary/aromatic N) is 2. The van der Waals surface area contributed by atoms with Crippen molar-refractivity contribution in [3.8, 4) is 23.0 Å². The molecule has 0 radical (unpaired) electrons. The fourth-order valence-electron chi connectivity index (χ4n) is 4.11. The van der Waals surface area contributed by atoms with Crippen molar-refractivity contribution >= 4 is 22.4 Å². The molecule has 0 unspecified atom stereocenters. The summed E-state index contributed by atoms with van der Waals surface area (Å²) < 4.78 is 17.0. The zero-order valence-electron chi connectivity index (χ0n) is 17.5. The van der Waals surface area contributed by atoms with Crippen LogP contribution in [-0.2, 0) is 12.8 Å². The van der Waals surface area contributed by atoms with Crippen LogP contribution >= 0.6 is 0 Å². The van der Waals surface area contributed by atoms with Gasteiger partial charge in [0.2, 0.25) is 0 Å². The molecule has 0 amide bonds. The highest BCUT2D eigenvalue weighted by Crippen LogP contribution is 2.40. The highest BCUT2D eigenvalue weighted by Gasteiger charge is 2.21. The molecular weight excluding hydrogens is 390 g/mol. The molecule has 0 aliphatic heterocycles. The van der Waals surface area contributed by atoms with E-state index in [1.54, 1.807) is 20.5 Å². The van der Waals surface area contributed by atoms with Gasteiger partial charge >= 0.3 is 0 Å². The molecule has 0 saturated heterocycles. The third kappa shape index (κ3) is 3.61. The molecule has 1 heterocycles. The molecule has 4 aromatic rings. The lowest BCUT2D eigenvalue weighted by Gasteiger charge is -2.16. The number of aromatic nitrogens is 2. The molecular formula is C25H23N3O3. The Morgan fingerprint density at radius 2 is 1.58 bits per heavy atom. The summed E-state index contributed by atoms with van der Waals surface area (Å²) in [7, 11) is 3.24. The van der Waals surface area contributed by atoms with Crippen molar-refractivity contribution < 1.29 is 14.2 Å². The number of hydrogen-bond acceptors (Lipinski definition) is 6. The van der Waals surface area contributed by atoms with E-state index >= 15 is 0 Å². The maximum Gasteiger partial charge on any atom is 0.162 e. The van der Waals surface area contributed by atoms with E-state index in [4.69, 9.17) is 14.2 Å². The van der Waals surface area contributed by atoms with Crippen LogP contribution in [0.2, 0.25) is 0 Å². The first kappa shape index (κ1) is 19.2. The molecule has 6 heteroatoms. The molecule has 1 aromatic heterocycles. The van der Waals surface area contributed by atoms with Crippen LogP contribution in [-0.4, -0.2) is 24.2 Å². The highest BCUT2D eigenvalue weighted by molar-refractivity contribution is 5.93. The molecule has 0 spiro atoms. The standard InChI is InChI=1S/C25H23N3O3/c1-29-23-13-19-21(14-24(23)30-2)26-15-27-25(19)28-20-11-12-22(18-10-6-9-17(18)20)31-16-7-4-3-5-8-16/h3-5,7-8,11-15H,6,9-10H2,1-2H3,(H,26,27,28). The number of fused-ring (bicyclic) bond motifs is 2. The van der Waals surface area contributed by atoms with Gasteiger partial charge in [0.05, 0.1) is 19.7 Å². The third-order valence-corrected chi connectivity index (χ3v) is 5.61. The molecule has 1 aliphatic rings. The summed E-state index contributed by atoms with van der Waals surface area (Å²) >= 11 is 0. The summed E-state index contributed by atoms with van der Waals surface area (Å²) in [5.41, 5.74) is 4.37. The van der Waals surface area contributed by atoms with E-state index in [0.29, 0.717) is 11.5 Å². The van der Waals surface area contributed by atoms with E-state index in [9.17, 15) is 0 Å². The van der Waals surface area contributed by atoms with Crippen molar-refractivity contribution in [2.75, 3.05) is 19.5 Å². The normalized spacial score (nSPS) is 12.5. The van der Waals surface area contributed by atoms with Gasteiger partial charge in [0, 0.05) is 22.7 Å². The molecule has 0 fully saturated rings. The summed E-state index contributed by atoms with van der Waals surface area (Å²) in [6, 6.07) is 17.8. The summed E-state index contributed by atoms with van der Waals surface area (Å²) in [4.78, 5) is 8.89. The minimum absolute atomic E-state index is 0.642. The van der Waals surface area contributed by atoms with Gasteiger partial charge in [0.25, 0.3) is 0 Å². The van der Waals surface area contributed by atoms with Crippen molar-refractivity contribution in [3.63, 3.8) is 0 Å². The van der Waals surface area contributed by atoms with Gasteiger partial charge in [-0.15, -0.1) is 0 Å². The number of anilines is 2. The number of hydrogen-bond donors (Lipinski definition) is 1. The van der Waals surface area contributed by atoms with Gasteiger partial charge in [0.15, 0.2) is 11.5 Å². The Morgan fingerprint density at radius 3 is 2.39 bits per heavy atom. The highest BCUT2D eigenvalue weighted by atomic mass is 16.5. The largest absolute Gasteiger partial charge is 0.493 e. The number of ether oxygens (including phenoxy) is 3. The molecule has 0 atom stereocenters. The number of methoxy groups -OCH3 is 2. The Kier molecular flexibility index (Phi) is 5.04. The third-order valence-electron chi connectivity index (χ3n) is 5.61. The minimum atomic E-state index is 0.642. The lowest BCUT2D eigenvalue weighted by molar-refractivity contribution is 0.356. The van der Waals surface area contributed by atoms with E-state index < -0.39 is 0 Å². The SMILES string of the molecule is COc1cc2ncnc(Nc3ccc(Oc4ccccc4)c4c3CCC4)c2cc1OC. The first-order chi connectivity index (χ1) is 15.3. The average molecular weight is 413 g/mol. The smallest absolute Gasteiger partial charge is 0.162 e. The minimum Gasteiger partial charge on any atom is -0.493 e. The van der Waals surface area contributed by atoms with Gasteiger partial charge in [-0.25, -0.2) is 9.97 Å². The fourth-order valence-corrected chi connectivity index (χ4v) is 4.11. The Hall–Kier alpha value is -3.80. The molecule has 1 aliphatic carbocycles. The van der Waals surface area contributed by atoms with E-state index in [1.165, 1.54) is 11.1 Å². The maximum absolute atomic E-state index is 6.17. The predicted molar refractivity (Wildman–Crippen MR) is 121 cm³/mol. The van der Waals surface area contributed by atoms with Crippen molar-refractivity contribution in [1.82, 2.24) is 9.97 Å². The second-order valence-electron chi connectivity index (χ2n) is 7.41. The molecule has 1 N–H and O–H groups in total. The number of para-hydroxylation sites is 1. The Balaban J connectivity index is 1.52. The number of rotatable bonds is 6. The van der Waals surface area contributed by atoms with Gasteiger partial charge in [0.1, 0.15) is 23.6 Å². The first-order valence-corrected chi connectivity index (χ1v) is 10.3. The number of nitrogens with one attached hydrogen (secondary N) is 1. The summed E-state index contributed by atoms with van der Waals surface area (Å²) in [6.45, 7) is 0. The molecule has 6 nitrogen and oxygen atoms in total. The lowest BCUT2D eigenvalue weighted by atomic mass is 10.1. The Labute approximate surface area is 180 Å². The molecule has 31 heavy (non-hydrogen) atoms. The zero-order valence-corrected chi connectivity index (χ0v) is 17.5. The van der Waals surface area contributed by atoms with Crippen LogP contribution in [0.15, 0.2) is 60.9 Å². The van der Waals surface area contributed by atoms with Crippen molar-refractivity contribution in [3.05, 3.63) is 72.1 Å². The summed E-state index contributed by atoms with van der Waals surface area (Å²) in [6.07, 6.45) is 4.67. The summed E-state index contributed by atoms with van der Waals surface area (Å²) in [5.74, 6) is 3.78. The Morgan fingerprint density at radius 1 is 0.806 bits per heavy atom. The van der Waals surface area contributed by atoms with Gasteiger partial charge in [-0.3, -0.25) is 0 Å². The molecule has 156 valence electrons. The van der Waals surface area contributed by atoms with Crippen LogP contribution in [0.1, 0.15) is 17.5 Å². The van der Waals surface area contributed by atoms with E-state index in [0.717, 1.165) is 53.2 Å². The molecule has 3 aromatic carbocycles. The van der Waals surface area contributed by atoms with Crippen molar-refractivity contribution in [1.29, 1.82) is 0 Å². The maximum atomic E-state index is 6.17. The fraction of sp³-hybridized carbons (Fsp3) is 0.200. The Bertz CT molecular complexity index is 1240. The van der Waals surface area contributed by atoms with Crippen LogP contribution in [0.25, 0.3) is 10.9 Å². The van der Waals surface area contributed by atoms with E-state index in [2.05, 4.69) is 21.4 Å². The zero-order chi connectivity index (χ0) is 21.2. The van der Waals surface area contributed by atoms with Crippen LogP contribution in [0.3, 0.4) is 0 Å². The van der Waals surface area contributed by atoms with Crippen molar-refractivity contribution in [2.24, 2.45) is 0 Å². The quantitative estimate of drug-likeness (QED) is 0.439. The first-order valence-electron chi connectivity index (χ1n) is 10.3. The monoisotopic (exact) mass is 413 g/mol. The predicted octanol–water partition coefficient (Wildman–Crippen LogP) is 5.67. The van der Waals surface area contributed by atoms with Crippen LogP contribution < -0.4 is 19.5 Å². The molecule has 5 rings (SSSR count). The second kappa shape index (κ2) is 8.14. The van der Waals surface area contributed by atoms with Crippen LogP contribution in [0.5, 0.6) is 23.0 Å². The van der Waals surface area contributed by atoms with Crippen LogP contribution in [0, 0.1) is 0 Å². The van der Waals surface area contributed by atoms with Gasteiger partial charge in [-0.05, 0) is 55.2 Å². The topological polar surface area (TPSA) is 65.5 Å². The lowest BCUT2D eigenvalue weighted by Crippen LogP contribution is -2.01. The van der Waals surface area contributed by atoms with Crippen molar-refractivity contribution in [2.45, 2.75) is 19.3 Å². The molecule has 0 saturated carbocycles. The van der Waals surface area contributed by atoms with Gasteiger partial charge in [-0.1, -0.05) is 18.2 Å². The molecule has 0 bridgehead atoms. The van der Waals surface area contributed by atoms with Gasteiger partial charge < -0.3 is 19.5 Å². The number of benzene rings is 3. The van der Waals surface area contributed by atoms with E-state index in [-0.39, 0.29) is 0 Å². The average Bonchev–Trinajstić information content (AvgIpc) is 3.31. The van der Waals surface area contributed by atoms with Crippen LogP contribution in [0.4, 0.5) is 11.5 Å². The summed E-state index contributed by atoms with van der Waals surface area (Å²) in [5, 5.41) is 4.40. The second-order valence-corrected chi connectivity index (χ2v) is 7.41.